The average Bonchev–Trinajstić information content (AvgIpc) is 2.88. The van der Waals surface area contributed by atoms with Gasteiger partial charge in [0.15, 0.2) is 17.5 Å². The molecule has 1 aliphatic heterocycles. The number of fused-ring (bicyclic) bond motifs is 5. The Labute approximate surface area is 262 Å². The van der Waals surface area contributed by atoms with Gasteiger partial charge in [-0.15, -0.1) is 0 Å². The van der Waals surface area contributed by atoms with Gasteiger partial charge in [-0.25, -0.2) is 0 Å². The van der Waals surface area contributed by atoms with E-state index in [4.69, 9.17) is 28.4 Å². The Hall–Kier alpha value is -3.32. The third-order valence-corrected chi connectivity index (χ3v) is 10.2. The van der Waals surface area contributed by atoms with E-state index in [1.54, 1.807) is 34.6 Å². The summed E-state index contributed by atoms with van der Waals surface area (Å²) < 4.78 is 35.2. The summed E-state index contributed by atoms with van der Waals surface area (Å²) in [6, 6.07) is 0. The summed E-state index contributed by atoms with van der Waals surface area (Å²) in [6.45, 7) is 14.0. The molecule has 9 atom stereocenters. The van der Waals surface area contributed by atoms with Crippen LogP contribution in [0.2, 0.25) is 0 Å². The Morgan fingerprint density at radius 1 is 0.889 bits per heavy atom. The second-order valence-corrected chi connectivity index (χ2v) is 13.8. The summed E-state index contributed by atoms with van der Waals surface area (Å²) in [4.78, 5) is 78.8. The van der Waals surface area contributed by atoms with E-state index < -0.39 is 100 Å². The summed E-state index contributed by atoms with van der Waals surface area (Å²) in [5, 5.41) is 13.1. The van der Waals surface area contributed by atoms with Crippen LogP contribution in [0.3, 0.4) is 0 Å². The molecule has 4 rings (SSSR count). The molecule has 1 heterocycles. The second-order valence-electron chi connectivity index (χ2n) is 13.8. The Bertz CT molecular complexity index is 1350. The van der Waals surface area contributed by atoms with Gasteiger partial charge < -0.3 is 33.5 Å². The van der Waals surface area contributed by atoms with Gasteiger partial charge in [0.1, 0.15) is 30.0 Å². The van der Waals surface area contributed by atoms with Gasteiger partial charge in [-0.2, -0.15) is 0 Å². The van der Waals surface area contributed by atoms with Gasteiger partial charge in [0.05, 0.1) is 23.9 Å². The molecule has 0 aromatic carbocycles. The average molecular weight is 637 g/mol. The lowest BCUT2D eigenvalue weighted by molar-refractivity contribution is -0.348. The molecule has 0 amide bonds. The zero-order valence-electron chi connectivity index (χ0n) is 27.5. The van der Waals surface area contributed by atoms with Crippen molar-refractivity contribution in [2.75, 3.05) is 6.61 Å². The van der Waals surface area contributed by atoms with Crippen molar-refractivity contribution in [2.24, 2.45) is 22.7 Å². The largest absolute Gasteiger partial charge is 0.461 e. The van der Waals surface area contributed by atoms with E-state index in [-0.39, 0.29) is 25.0 Å². The van der Waals surface area contributed by atoms with Crippen molar-refractivity contribution in [1.29, 1.82) is 0 Å². The molecule has 0 aromatic rings. The summed E-state index contributed by atoms with van der Waals surface area (Å²) in [7, 11) is 0. The number of carbonyl (C=O) groups is 6. The molecular formula is C32H44O13. The van der Waals surface area contributed by atoms with E-state index in [2.05, 4.69) is 0 Å². The third-order valence-electron chi connectivity index (χ3n) is 10.2. The molecule has 2 bridgehead atoms. The fraction of sp³-hybridized carbons (Fsp3) is 0.750. The number of hydrogen-bond donors (Lipinski definition) is 1. The molecule has 250 valence electrons. The smallest absolute Gasteiger partial charge is 0.308 e. The van der Waals surface area contributed by atoms with Crippen LogP contribution >= 0.6 is 0 Å². The standard InChI is InChI=1S/C32H44O13/c1-14(2)28(38)44-27-25-30(10,21(42-17(5)34)11-22-31(25,13-40-22)45-19(7)36)26(37)24(43-18(6)35)23-15(3)20(41-16(4)33)12-32(27,39)29(23,8)9/h14,20-22,24-25,27,39H,11-13H2,1-10H3/t20-,21-,22+,24+,25-,27-,30+,31-,32+/m0/s1. The van der Waals surface area contributed by atoms with Crippen LogP contribution in [0, 0.1) is 22.7 Å². The van der Waals surface area contributed by atoms with Gasteiger partial charge in [0.25, 0.3) is 0 Å². The topological polar surface area (TPSA) is 178 Å². The molecule has 1 saturated heterocycles. The first kappa shape index (κ1) is 34.6. The van der Waals surface area contributed by atoms with Crippen molar-refractivity contribution in [3.63, 3.8) is 0 Å². The Balaban J connectivity index is 2.18. The van der Waals surface area contributed by atoms with E-state index >= 15 is 4.79 Å². The van der Waals surface area contributed by atoms with Crippen molar-refractivity contribution in [2.45, 2.75) is 124 Å². The predicted molar refractivity (Wildman–Crippen MR) is 153 cm³/mol. The molecule has 1 N–H and O–H groups in total. The van der Waals surface area contributed by atoms with Crippen molar-refractivity contribution in [3.05, 3.63) is 11.1 Å². The second kappa shape index (κ2) is 11.5. The van der Waals surface area contributed by atoms with Gasteiger partial charge >= 0.3 is 29.8 Å². The number of Topliss-reactive ketones (excluding diaryl/α,β-unsaturated/α-hetero) is 1. The maximum absolute atomic E-state index is 15.2. The highest BCUT2D eigenvalue weighted by Gasteiger charge is 2.79. The zero-order chi connectivity index (χ0) is 34.0. The van der Waals surface area contributed by atoms with Crippen LogP contribution in [0.15, 0.2) is 11.1 Å². The Morgan fingerprint density at radius 2 is 1.47 bits per heavy atom. The fourth-order valence-corrected chi connectivity index (χ4v) is 8.07. The Kier molecular flexibility index (Phi) is 8.82. The minimum absolute atomic E-state index is 0.0842. The van der Waals surface area contributed by atoms with E-state index in [0.29, 0.717) is 5.57 Å². The van der Waals surface area contributed by atoms with Gasteiger partial charge in [-0.1, -0.05) is 27.7 Å². The fourth-order valence-electron chi connectivity index (χ4n) is 8.07. The summed E-state index contributed by atoms with van der Waals surface area (Å²) >= 11 is 0. The predicted octanol–water partition coefficient (Wildman–Crippen LogP) is 2.14. The van der Waals surface area contributed by atoms with Crippen LogP contribution < -0.4 is 0 Å². The maximum Gasteiger partial charge on any atom is 0.308 e. The van der Waals surface area contributed by atoms with Crippen LogP contribution in [0.1, 0.15) is 82.1 Å². The minimum atomic E-state index is -2.14. The third kappa shape index (κ3) is 5.25. The molecule has 2 saturated carbocycles. The number of rotatable bonds is 6. The normalized spacial score (nSPS) is 38.4. The SMILES string of the molecule is CC(=O)O[C@H]1C(=O)[C@]2(C)[C@@H](OC(C)=O)C[C@H]3OC[C@@]3(OC(C)=O)[C@H]2[C@H](OC(=O)C(C)C)[C@]2(O)C[C@H](OC(C)=O)C(C)=C1C2(C)C. The molecule has 0 spiro atoms. The molecule has 0 unspecified atom stereocenters. The number of ketones is 1. The first-order valence-electron chi connectivity index (χ1n) is 15.2. The van der Waals surface area contributed by atoms with Crippen molar-refractivity contribution in [3.8, 4) is 0 Å². The summed E-state index contributed by atoms with van der Waals surface area (Å²) in [5.74, 6) is -6.47. The van der Waals surface area contributed by atoms with Gasteiger partial charge in [0.2, 0.25) is 0 Å². The van der Waals surface area contributed by atoms with Crippen molar-refractivity contribution >= 4 is 35.6 Å². The zero-order valence-corrected chi connectivity index (χ0v) is 27.5. The van der Waals surface area contributed by atoms with Crippen LogP contribution in [0.25, 0.3) is 0 Å². The van der Waals surface area contributed by atoms with E-state index in [9.17, 15) is 29.1 Å². The van der Waals surface area contributed by atoms with E-state index in [1.165, 1.54) is 27.7 Å². The van der Waals surface area contributed by atoms with Gasteiger partial charge in [0, 0.05) is 46.0 Å². The molecule has 45 heavy (non-hydrogen) atoms. The van der Waals surface area contributed by atoms with E-state index in [0.717, 1.165) is 6.92 Å². The highest BCUT2D eigenvalue weighted by atomic mass is 16.6. The first-order valence-corrected chi connectivity index (χ1v) is 15.2. The maximum atomic E-state index is 15.2. The molecule has 0 aromatic heterocycles. The number of hydrogen-bond acceptors (Lipinski definition) is 13. The molecule has 3 aliphatic carbocycles. The molecule has 4 aliphatic rings. The summed E-state index contributed by atoms with van der Waals surface area (Å²) in [6.07, 6.45) is -6.91. The molecular weight excluding hydrogens is 592 g/mol. The highest BCUT2D eigenvalue weighted by molar-refractivity contribution is 5.95. The molecule has 0 radical (unpaired) electrons. The number of ether oxygens (including phenoxy) is 6. The monoisotopic (exact) mass is 636 g/mol. The van der Waals surface area contributed by atoms with Crippen LogP contribution in [-0.4, -0.2) is 89.1 Å². The van der Waals surface area contributed by atoms with Crippen LogP contribution in [-0.2, 0) is 57.2 Å². The lowest BCUT2D eigenvalue weighted by Crippen LogP contribution is -2.82. The van der Waals surface area contributed by atoms with Crippen LogP contribution in [0.5, 0.6) is 0 Å². The van der Waals surface area contributed by atoms with Gasteiger partial charge in [-0.05, 0) is 25.0 Å². The Morgan fingerprint density at radius 3 is 1.93 bits per heavy atom. The molecule has 13 heteroatoms. The lowest BCUT2D eigenvalue weighted by atomic mass is 9.44. The van der Waals surface area contributed by atoms with Crippen molar-refractivity contribution in [1.82, 2.24) is 0 Å². The number of aliphatic hydroxyl groups is 1. The van der Waals surface area contributed by atoms with Gasteiger partial charge in [-0.3, -0.25) is 28.8 Å². The quantitative estimate of drug-likeness (QED) is 0.255. The first-order chi connectivity index (χ1) is 20.6. The molecule has 3 fully saturated rings. The molecule has 13 nitrogen and oxygen atoms in total. The number of esters is 5. The highest BCUT2D eigenvalue weighted by Crippen LogP contribution is 2.64. The lowest BCUT2D eigenvalue weighted by Gasteiger charge is -2.67. The number of carbonyl (C=O) groups excluding carboxylic acids is 6. The van der Waals surface area contributed by atoms with Crippen LogP contribution in [0.4, 0.5) is 0 Å². The van der Waals surface area contributed by atoms with E-state index in [1.807, 2.05) is 0 Å². The summed E-state index contributed by atoms with van der Waals surface area (Å²) in [5.41, 5.74) is -6.60. The minimum Gasteiger partial charge on any atom is -0.461 e. The van der Waals surface area contributed by atoms with Crippen molar-refractivity contribution < 1.29 is 62.3 Å².